The van der Waals surface area contributed by atoms with Crippen molar-refractivity contribution in [2.24, 2.45) is 0 Å². The third kappa shape index (κ3) is 3.33. The van der Waals surface area contributed by atoms with Crippen molar-refractivity contribution in [3.8, 4) is 0 Å². The van der Waals surface area contributed by atoms with Crippen LogP contribution in [-0.4, -0.2) is 23.2 Å². The molecule has 0 aromatic heterocycles. The van der Waals surface area contributed by atoms with Gasteiger partial charge in [-0.1, -0.05) is 40.9 Å². The van der Waals surface area contributed by atoms with Crippen LogP contribution in [0.4, 0.5) is 0 Å². The number of aliphatic hydroxyl groups is 1. The van der Waals surface area contributed by atoms with Crippen LogP contribution in [0.1, 0.15) is 41.6 Å². The summed E-state index contributed by atoms with van der Waals surface area (Å²) in [6.45, 7) is 0. The van der Waals surface area contributed by atoms with E-state index < -0.39 is 6.10 Å². The van der Waals surface area contributed by atoms with Crippen LogP contribution in [0.2, 0.25) is 0 Å². The first-order valence-corrected chi connectivity index (χ1v) is 7.46. The van der Waals surface area contributed by atoms with Crippen molar-refractivity contribution in [2.45, 2.75) is 43.2 Å². The standard InChI is InChI=1S/C14H18BrNO2/c15-9-10-5-7-11(8-6-10)14(18)16-12-3-1-2-4-13(12)17/h5-8,12-13,17H,1-4,9H2,(H,16,18)/t12-,13-/m0/s1. The molecule has 0 heterocycles. The van der Waals surface area contributed by atoms with Gasteiger partial charge >= 0.3 is 0 Å². The maximum absolute atomic E-state index is 12.0. The van der Waals surface area contributed by atoms with Crippen LogP contribution in [0.25, 0.3) is 0 Å². The van der Waals surface area contributed by atoms with Crippen LogP contribution in [-0.2, 0) is 5.33 Å². The molecule has 4 heteroatoms. The SMILES string of the molecule is O=C(N[C@H]1CCCC[C@@H]1O)c1ccc(CBr)cc1. The van der Waals surface area contributed by atoms with Crippen molar-refractivity contribution in [1.82, 2.24) is 5.32 Å². The molecule has 1 saturated carbocycles. The number of hydrogen-bond acceptors (Lipinski definition) is 2. The van der Waals surface area contributed by atoms with E-state index in [1.807, 2.05) is 24.3 Å². The Kier molecular flexibility index (Phi) is 4.78. The van der Waals surface area contributed by atoms with E-state index in [2.05, 4.69) is 21.2 Å². The van der Waals surface area contributed by atoms with E-state index in [1.165, 1.54) is 0 Å². The Bertz CT molecular complexity index is 405. The van der Waals surface area contributed by atoms with Gasteiger partial charge in [0.2, 0.25) is 0 Å². The summed E-state index contributed by atoms with van der Waals surface area (Å²) in [4.78, 5) is 12.0. The number of carbonyl (C=O) groups excluding carboxylic acids is 1. The molecule has 0 aliphatic heterocycles. The molecule has 0 unspecified atom stereocenters. The molecular formula is C14H18BrNO2. The first-order valence-electron chi connectivity index (χ1n) is 6.34. The average molecular weight is 312 g/mol. The second-order valence-electron chi connectivity index (χ2n) is 4.76. The van der Waals surface area contributed by atoms with Crippen LogP contribution in [0.5, 0.6) is 0 Å². The maximum atomic E-state index is 12.0. The number of benzene rings is 1. The highest BCUT2D eigenvalue weighted by Crippen LogP contribution is 2.19. The third-order valence-corrected chi connectivity index (χ3v) is 4.06. The fourth-order valence-electron chi connectivity index (χ4n) is 2.28. The number of nitrogens with one attached hydrogen (secondary N) is 1. The number of amides is 1. The van der Waals surface area contributed by atoms with Crippen LogP contribution in [0, 0.1) is 0 Å². The first kappa shape index (κ1) is 13.6. The molecule has 98 valence electrons. The second kappa shape index (κ2) is 6.34. The predicted molar refractivity (Wildman–Crippen MR) is 74.8 cm³/mol. The van der Waals surface area contributed by atoms with Crippen molar-refractivity contribution in [1.29, 1.82) is 0 Å². The van der Waals surface area contributed by atoms with Crippen molar-refractivity contribution < 1.29 is 9.90 Å². The van der Waals surface area contributed by atoms with Gasteiger partial charge in [-0.05, 0) is 30.5 Å². The Morgan fingerprint density at radius 1 is 1.28 bits per heavy atom. The summed E-state index contributed by atoms with van der Waals surface area (Å²) in [5, 5.41) is 13.5. The number of rotatable bonds is 3. The number of carbonyl (C=O) groups is 1. The van der Waals surface area contributed by atoms with Gasteiger partial charge in [0.15, 0.2) is 0 Å². The van der Waals surface area contributed by atoms with Crippen LogP contribution >= 0.6 is 15.9 Å². The zero-order chi connectivity index (χ0) is 13.0. The largest absolute Gasteiger partial charge is 0.391 e. The molecule has 0 bridgehead atoms. The Morgan fingerprint density at radius 3 is 2.56 bits per heavy atom. The number of hydrogen-bond donors (Lipinski definition) is 2. The first-order chi connectivity index (χ1) is 8.70. The lowest BCUT2D eigenvalue weighted by atomic mass is 9.92. The Labute approximate surface area is 116 Å². The monoisotopic (exact) mass is 311 g/mol. The average Bonchev–Trinajstić information content (AvgIpc) is 2.41. The lowest BCUT2D eigenvalue weighted by molar-refractivity contribution is 0.0717. The van der Waals surface area contributed by atoms with Gasteiger partial charge < -0.3 is 10.4 Å². The van der Waals surface area contributed by atoms with E-state index in [4.69, 9.17) is 0 Å². The van der Waals surface area contributed by atoms with Gasteiger partial charge in [-0.2, -0.15) is 0 Å². The molecule has 3 nitrogen and oxygen atoms in total. The highest BCUT2D eigenvalue weighted by atomic mass is 79.9. The molecule has 0 radical (unpaired) electrons. The summed E-state index contributed by atoms with van der Waals surface area (Å²) in [7, 11) is 0. The fraction of sp³-hybridized carbons (Fsp3) is 0.500. The van der Waals surface area contributed by atoms with Gasteiger partial charge in [0.05, 0.1) is 12.1 Å². The Balaban J connectivity index is 1.97. The molecule has 2 rings (SSSR count). The van der Waals surface area contributed by atoms with Crippen molar-refractivity contribution in [3.05, 3.63) is 35.4 Å². The van der Waals surface area contributed by atoms with Gasteiger partial charge in [0.25, 0.3) is 5.91 Å². The summed E-state index contributed by atoms with van der Waals surface area (Å²) in [6, 6.07) is 7.41. The van der Waals surface area contributed by atoms with E-state index in [-0.39, 0.29) is 11.9 Å². The van der Waals surface area contributed by atoms with Gasteiger partial charge in [0, 0.05) is 10.9 Å². The van der Waals surface area contributed by atoms with E-state index in [0.717, 1.165) is 36.6 Å². The third-order valence-electron chi connectivity index (χ3n) is 3.42. The molecule has 1 aliphatic carbocycles. The zero-order valence-corrected chi connectivity index (χ0v) is 11.8. The minimum Gasteiger partial charge on any atom is -0.391 e. The van der Waals surface area contributed by atoms with Gasteiger partial charge in [-0.15, -0.1) is 0 Å². The van der Waals surface area contributed by atoms with Crippen molar-refractivity contribution in [2.75, 3.05) is 0 Å². The smallest absolute Gasteiger partial charge is 0.251 e. The molecular weight excluding hydrogens is 294 g/mol. The molecule has 2 N–H and O–H groups in total. The Hall–Kier alpha value is -0.870. The summed E-state index contributed by atoms with van der Waals surface area (Å²) in [5.41, 5.74) is 1.79. The van der Waals surface area contributed by atoms with E-state index >= 15 is 0 Å². The van der Waals surface area contributed by atoms with E-state index in [1.54, 1.807) is 0 Å². The van der Waals surface area contributed by atoms with Crippen LogP contribution < -0.4 is 5.32 Å². The molecule has 1 aromatic carbocycles. The van der Waals surface area contributed by atoms with E-state index in [0.29, 0.717) is 5.56 Å². The molecule has 18 heavy (non-hydrogen) atoms. The topological polar surface area (TPSA) is 49.3 Å². The summed E-state index contributed by atoms with van der Waals surface area (Å²) in [6.07, 6.45) is 3.38. The number of aliphatic hydroxyl groups excluding tert-OH is 1. The molecule has 2 atom stereocenters. The number of halogens is 1. The van der Waals surface area contributed by atoms with Gasteiger partial charge in [-0.3, -0.25) is 4.79 Å². The molecule has 1 amide bonds. The van der Waals surface area contributed by atoms with Gasteiger partial charge in [0.1, 0.15) is 0 Å². The lowest BCUT2D eigenvalue weighted by Crippen LogP contribution is -2.45. The van der Waals surface area contributed by atoms with Crippen molar-refractivity contribution >= 4 is 21.8 Å². The summed E-state index contributed by atoms with van der Waals surface area (Å²) >= 11 is 3.37. The normalized spacial score (nSPS) is 23.7. The predicted octanol–water partition coefficient (Wildman–Crippen LogP) is 2.61. The zero-order valence-electron chi connectivity index (χ0n) is 10.2. The maximum Gasteiger partial charge on any atom is 0.251 e. The van der Waals surface area contributed by atoms with Crippen molar-refractivity contribution in [3.63, 3.8) is 0 Å². The number of alkyl halides is 1. The minimum atomic E-state index is -0.399. The summed E-state index contributed by atoms with van der Waals surface area (Å²) in [5.74, 6) is -0.0953. The fourth-order valence-corrected chi connectivity index (χ4v) is 2.65. The molecule has 1 aliphatic rings. The lowest BCUT2D eigenvalue weighted by Gasteiger charge is -2.28. The van der Waals surface area contributed by atoms with Gasteiger partial charge in [-0.25, -0.2) is 0 Å². The van der Waals surface area contributed by atoms with Crippen LogP contribution in [0.3, 0.4) is 0 Å². The molecule has 1 fully saturated rings. The highest BCUT2D eigenvalue weighted by molar-refractivity contribution is 9.08. The summed E-state index contributed by atoms with van der Waals surface area (Å²) < 4.78 is 0. The quantitative estimate of drug-likeness (QED) is 0.843. The van der Waals surface area contributed by atoms with E-state index in [9.17, 15) is 9.90 Å². The minimum absolute atomic E-state index is 0.0953. The molecule has 0 saturated heterocycles. The Morgan fingerprint density at radius 2 is 1.94 bits per heavy atom. The molecule has 0 spiro atoms. The van der Waals surface area contributed by atoms with Crippen LogP contribution in [0.15, 0.2) is 24.3 Å². The second-order valence-corrected chi connectivity index (χ2v) is 5.32. The highest BCUT2D eigenvalue weighted by Gasteiger charge is 2.24. The molecule has 1 aromatic rings.